The van der Waals surface area contributed by atoms with Gasteiger partial charge < -0.3 is 5.32 Å². The molecule has 0 aromatic heterocycles. The zero-order valence-electron chi connectivity index (χ0n) is 11.8. The molecule has 3 rings (SSSR count). The van der Waals surface area contributed by atoms with Crippen molar-refractivity contribution in [2.24, 2.45) is 0 Å². The van der Waals surface area contributed by atoms with E-state index in [2.05, 4.69) is 53.3 Å². The highest BCUT2D eigenvalue weighted by Gasteiger charge is 2.21. The largest absolute Gasteiger partial charge is 0.310 e. The van der Waals surface area contributed by atoms with Crippen molar-refractivity contribution in [3.8, 4) is 0 Å². The lowest BCUT2D eigenvalue weighted by Gasteiger charge is -2.23. The number of nitrogens with one attached hydrogen (secondary N) is 1. The quantitative estimate of drug-likeness (QED) is 0.860. The van der Waals surface area contributed by atoms with Gasteiger partial charge in [0, 0.05) is 30.9 Å². The number of rotatable bonds is 6. The summed E-state index contributed by atoms with van der Waals surface area (Å²) in [5.41, 5.74) is 2.88. The molecular weight excluding hydrogens is 252 g/mol. The Morgan fingerprint density at radius 3 is 2.84 bits per heavy atom. The summed E-state index contributed by atoms with van der Waals surface area (Å²) in [6, 6.07) is 10.6. The summed E-state index contributed by atoms with van der Waals surface area (Å²) >= 11 is 2.09. The van der Waals surface area contributed by atoms with E-state index in [0.29, 0.717) is 0 Å². The second kappa shape index (κ2) is 6.29. The average molecular weight is 276 g/mol. The van der Waals surface area contributed by atoms with Crippen LogP contribution in [0.15, 0.2) is 24.3 Å². The van der Waals surface area contributed by atoms with Crippen LogP contribution in [0, 0.1) is 0 Å². The van der Waals surface area contributed by atoms with Crippen molar-refractivity contribution in [3.63, 3.8) is 0 Å². The third-order valence-electron chi connectivity index (χ3n) is 4.12. The first-order chi connectivity index (χ1) is 9.31. The van der Waals surface area contributed by atoms with E-state index in [9.17, 15) is 0 Å². The smallest absolute Gasteiger partial charge is 0.0234 e. The Morgan fingerprint density at radius 2 is 2.11 bits per heavy atom. The van der Waals surface area contributed by atoms with Gasteiger partial charge in [-0.15, -0.1) is 0 Å². The number of hydrogen-bond acceptors (Lipinski definition) is 3. The van der Waals surface area contributed by atoms with Gasteiger partial charge in [-0.1, -0.05) is 24.3 Å². The van der Waals surface area contributed by atoms with E-state index >= 15 is 0 Å². The molecule has 2 aliphatic rings. The molecular formula is C16H24N2S. The summed E-state index contributed by atoms with van der Waals surface area (Å²) in [4.78, 5) is 2.52. The van der Waals surface area contributed by atoms with Crippen LogP contribution in [-0.2, 0) is 13.1 Å². The van der Waals surface area contributed by atoms with E-state index in [0.717, 1.165) is 25.2 Å². The van der Waals surface area contributed by atoms with Crippen LogP contribution >= 0.6 is 11.8 Å². The molecule has 2 nitrogen and oxygen atoms in total. The maximum absolute atomic E-state index is 3.59. The molecule has 1 atom stereocenters. The number of nitrogens with zero attached hydrogens (tertiary/aromatic N) is 1. The number of thioether (sulfide) groups is 1. The topological polar surface area (TPSA) is 15.3 Å². The van der Waals surface area contributed by atoms with Gasteiger partial charge in [-0.2, -0.15) is 11.8 Å². The molecule has 0 radical (unpaired) electrons. The van der Waals surface area contributed by atoms with Gasteiger partial charge in [0.05, 0.1) is 0 Å². The lowest BCUT2D eigenvalue weighted by atomic mass is 10.1. The maximum Gasteiger partial charge on any atom is 0.0234 e. The molecule has 1 unspecified atom stereocenters. The highest BCUT2D eigenvalue weighted by Crippen LogP contribution is 2.23. The molecule has 1 N–H and O–H groups in total. The first-order valence-electron chi connectivity index (χ1n) is 7.40. The highest BCUT2D eigenvalue weighted by molar-refractivity contribution is 7.99. The minimum atomic E-state index is 0.776. The van der Waals surface area contributed by atoms with E-state index in [1.807, 2.05) is 0 Å². The van der Waals surface area contributed by atoms with Crippen molar-refractivity contribution in [1.29, 1.82) is 0 Å². The minimum Gasteiger partial charge on any atom is -0.310 e. The Hall–Kier alpha value is -0.510. The van der Waals surface area contributed by atoms with Crippen LogP contribution in [0.1, 0.15) is 30.4 Å². The summed E-state index contributed by atoms with van der Waals surface area (Å²) in [7, 11) is 2.27. The van der Waals surface area contributed by atoms with E-state index in [-0.39, 0.29) is 0 Å². The lowest BCUT2D eigenvalue weighted by molar-refractivity contribution is 0.254. The Morgan fingerprint density at radius 1 is 1.26 bits per heavy atom. The predicted octanol–water partition coefficient (Wildman–Crippen LogP) is 2.88. The van der Waals surface area contributed by atoms with Crippen LogP contribution in [0.5, 0.6) is 0 Å². The fourth-order valence-electron chi connectivity index (χ4n) is 2.67. The molecule has 3 heteroatoms. The fourth-order valence-corrected chi connectivity index (χ4v) is 3.97. The maximum atomic E-state index is 3.59. The van der Waals surface area contributed by atoms with Crippen molar-refractivity contribution in [2.45, 2.75) is 44.4 Å². The summed E-state index contributed by atoms with van der Waals surface area (Å²) < 4.78 is 0. The van der Waals surface area contributed by atoms with Crippen molar-refractivity contribution in [1.82, 2.24) is 10.2 Å². The standard InChI is InChI=1S/C16H24N2S/c1-18(16-7-8-19-12-16)11-14-4-2-3-13(9-14)10-17-15-5-6-15/h2-4,9,15-17H,5-8,10-12H2,1H3. The Bertz CT molecular complexity index is 411. The first-order valence-corrected chi connectivity index (χ1v) is 8.56. The highest BCUT2D eigenvalue weighted by atomic mass is 32.2. The summed E-state index contributed by atoms with van der Waals surface area (Å²) in [6.45, 7) is 2.12. The Labute approximate surface area is 121 Å². The van der Waals surface area contributed by atoms with Gasteiger partial charge in [0.1, 0.15) is 0 Å². The van der Waals surface area contributed by atoms with Crippen LogP contribution in [0.4, 0.5) is 0 Å². The molecule has 19 heavy (non-hydrogen) atoms. The Kier molecular flexibility index (Phi) is 4.46. The second-order valence-corrected chi connectivity index (χ2v) is 7.06. The number of benzene rings is 1. The molecule has 1 heterocycles. The van der Waals surface area contributed by atoms with Crippen LogP contribution in [0.2, 0.25) is 0 Å². The normalized spacial score (nSPS) is 23.2. The molecule has 1 saturated heterocycles. The van der Waals surface area contributed by atoms with Crippen LogP contribution in [-0.4, -0.2) is 35.5 Å². The average Bonchev–Trinajstić information content (AvgIpc) is 3.08. The van der Waals surface area contributed by atoms with Gasteiger partial charge in [-0.25, -0.2) is 0 Å². The van der Waals surface area contributed by atoms with E-state index in [1.54, 1.807) is 0 Å². The van der Waals surface area contributed by atoms with E-state index in [1.165, 1.54) is 41.9 Å². The predicted molar refractivity (Wildman–Crippen MR) is 83.5 cm³/mol. The molecule has 2 fully saturated rings. The van der Waals surface area contributed by atoms with Crippen LogP contribution < -0.4 is 5.32 Å². The third-order valence-corrected chi connectivity index (χ3v) is 5.27. The van der Waals surface area contributed by atoms with Crippen molar-refractivity contribution < 1.29 is 0 Å². The van der Waals surface area contributed by atoms with Gasteiger partial charge in [0.15, 0.2) is 0 Å². The van der Waals surface area contributed by atoms with Gasteiger partial charge in [0.25, 0.3) is 0 Å². The molecule has 1 aromatic carbocycles. The molecule has 1 saturated carbocycles. The molecule has 1 aliphatic heterocycles. The Balaban J connectivity index is 1.55. The van der Waals surface area contributed by atoms with Crippen molar-refractivity contribution in [2.75, 3.05) is 18.6 Å². The number of hydrogen-bond donors (Lipinski definition) is 1. The molecule has 0 amide bonds. The van der Waals surface area contributed by atoms with Gasteiger partial charge in [-0.3, -0.25) is 4.90 Å². The van der Waals surface area contributed by atoms with Gasteiger partial charge >= 0.3 is 0 Å². The second-order valence-electron chi connectivity index (χ2n) is 5.91. The lowest BCUT2D eigenvalue weighted by Crippen LogP contribution is -2.30. The minimum absolute atomic E-state index is 0.776. The summed E-state index contributed by atoms with van der Waals surface area (Å²) in [5, 5.41) is 3.59. The van der Waals surface area contributed by atoms with Crippen LogP contribution in [0.3, 0.4) is 0 Å². The van der Waals surface area contributed by atoms with E-state index < -0.39 is 0 Å². The monoisotopic (exact) mass is 276 g/mol. The zero-order valence-corrected chi connectivity index (χ0v) is 12.6. The van der Waals surface area contributed by atoms with Crippen molar-refractivity contribution >= 4 is 11.8 Å². The van der Waals surface area contributed by atoms with Crippen molar-refractivity contribution in [3.05, 3.63) is 35.4 Å². The molecule has 1 aromatic rings. The molecule has 1 aliphatic carbocycles. The molecule has 104 valence electrons. The molecule has 0 spiro atoms. The van der Waals surface area contributed by atoms with Gasteiger partial charge in [0.2, 0.25) is 0 Å². The van der Waals surface area contributed by atoms with Crippen LogP contribution in [0.25, 0.3) is 0 Å². The third kappa shape index (κ3) is 3.98. The zero-order chi connectivity index (χ0) is 13.1. The van der Waals surface area contributed by atoms with E-state index in [4.69, 9.17) is 0 Å². The first kappa shape index (κ1) is 13.5. The van der Waals surface area contributed by atoms with Gasteiger partial charge in [-0.05, 0) is 43.2 Å². The summed E-state index contributed by atoms with van der Waals surface area (Å²) in [5.74, 6) is 2.64. The SMILES string of the molecule is CN(Cc1cccc(CNC2CC2)c1)C1CCSC1. The summed E-state index contributed by atoms with van der Waals surface area (Å²) in [6.07, 6.45) is 4.08. The molecule has 0 bridgehead atoms. The fraction of sp³-hybridized carbons (Fsp3) is 0.625.